The van der Waals surface area contributed by atoms with Crippen molar-refractivity contribution in [1.29, 1.82) is 5.41 Å². The van der Waals surface area contributed by atoms with E-state index in [4.69, 9.17) is 39.1 Å². The normalized spacial score (nSPS) is 10.3. The van der Waals surface area contributed by atoms with E-state index >= 15 is 0 Å². The predicted octanol–water partition coefficient (Wildman–Crippen LogP) is 3.77. The van der Waals surface area contributed by atoms with Gasteiger partial charge in [0.25, 0.3) is 0 Å². The van der Waals surface area contributed by atoms with Crippen molar-refractivity contribution in [3.8, 4) is 11.6 Å². The van der Waals surface area contributed by atoms with E-state index in [1.807, 2.05) is 0 Å². The second-order valence-corrected chi connectivity index (χ2v) is 4.83. The van der Waals surface area contributed by atoms with Gasteiger partial charge < -0.3 is 10.5 Å². The number of rotatable bonds is 3. The summed E-state index contributed by atoms with van der Waals surface area (Å²) < 4.78 is 5.58. The molecular formula is C13H11Cl2N3O. The van der Waals surface area contributed by atoms with Crippen molar-refractivity contribution >= 4 is 29.0 Å². The molecule has 0 bridgehead atoms. The molecule has 0 amide bonds. The number of hydrogen-bond donors (Lipinski definition) is 2. The minimum atomic E-state index is -0.0422. The Labute approximate surface area is 120 Å². The van der Waals surface area contributed by atoms with Crippen LogP contribution in [0, 0.1) is 12.3 Å². The third-order valence-electron chi connectivity index (χ3n) is 2.30. The number of nitrogens with one attached hydrogen (secondary N) is 1. The minimum Gasteiger partial charge on any atom is -0.439 e. The van der Waals surface area contributed by atoms with Gasteiger partial charge in [0.2, 0.25) is 5.88 Å². The summed E-state index contributed by atoms with van der Waals surface area (Å²) in [5.41, 5.74) is 6.71. The molecule has 0 aliphatic carbocycles. The molecule has 1 heterocycles. The fraction of sp³-hybridized carbons (Fsp3) is 0.0769. The maximum absolute atomic E-state index is 7.43. The summed E-state index contributed by atoms with van der Waals surface area (Å²) in [4.78, 5) is 4.21. The molecule has 0 aliphatic heterocycles. The number of hydrogen-bond acceptors (Lipinski definition) is 3. The third kappa shape index (κ3) is 3.59. The van der Waals surface area contributed by atoms with E-state index in [9.17, 15) is 0 Å². The lowest BCUT2D eigenvalue weighted by atomic mass is 10.2. The molecule has 3 N–H and O–H groups in total. The first-order valence-electron chi connectivity index (χ1n) is 5.41. The zero-order chi connectivity index (χ0) is 14.0. The van der Waals surface area contributed by atoms with E-state index in [1.165, 1.54) is 0 Å². The number of aromatic nitrogens is 1. The average Bonchev–Trinajstić information content (AvgIpc) is 2.26. The molecule has 98 valence electrons. The van der Waals surface area contributed by atoms with Crippen LogP contribution in [0.3, 0.4) is 0 Å². The van der Waals surface area contributed by atoms with Gasteiger partial charge in [-0.25, -0.2) is 4.98 Å². The highest BCUT2D eigenvalue weighted by Crippen LogP contribution is 2.28. The summed E-state index contributed by atoms with van der Waals surface area (Å²) in [6, 6.07) is 8.17. The number of pyridine rings is 1. The zero-order valence-electron chi connectivity index (χ0n) is 10.1. The van der Waals surface area contributed by atoms with Crippen LogP contribution in [0.4, 0.5) is 0 Å². The maximum Gasteiger partial charge on any atom is 0.220 e. The van der Waals surface area contributed by atoms with Gasteiger partial charge in [-0.2, -0.15) is 0 Å². The Bertz CT molecular complexity index is 624. The Morgan fingerprint density at radius 1 is 1.16 bits per heavy atom. The summed E-state index contributed by atoms with van der Waals surface area (Å²) in [6.45, 7) is 1.80. The quantitative estimate of drug-likeness (QED) is 0.669. The lowest BCUT2D eigenvalue weighted by Gasteiger charge is -2.08. The van der Waals surface area contributed by atoms with Gasteiger partial charge in [-0.15, -0.1) is 0 Å². The van der Waals surface area contributed by atoms with Gasteiger partial charge in [0.15, 0.2) is 0 Å². The van der Waals surface area contributed by atoms with E-state index in [-0.39, 0.29) is 5.84 Å². The van der Waals surface area contributed by atoms with Crippen LogP contribution in [-0.4, -0.2) is 10.8 Å². The van der Waals surface area contributed by atoms with Gasteiger partial charge in [0, 0.05) is 27.4 Å². The lowest BCUT2D eigenvalue weighted by Crippen LogP contribution is -2.11. The zero-order valence-corrected chi connectivity index (χ0v) is 11.6. The van der Waals surface area contributed by atoms with Crippen LogP contribution in [0.15, 0.2) is 30.3 Å². The number of aryl methyl sites for hydroxylation is 1. The molecule has 4 nitrogen and oxygen atoms in total. The van der Waals surface area contributed by atoms with Crippen molar-refractivity contribution in [3.63, 3.8) is 0 Å². The number of nitrogens with zero attached hydrogens (tertiary/aromatic N) is 1. The molecule has 0 saturated heterocycles. The number of benzene rings is 1. The molecule has 19 heavy (non-hydrogen) atoms. The van der Waals surface area contributed by atoms with Gasteiger partial charge in [0.1, 0.15) is 11.6 Å². The molecule has 0 saturated carbocycles. The van der Waals surface area contributed by atoms with E-state index in [0.717, 1.165) is 0 Å². The van der Waals surface area contributed by atoms with Gasteiger partial charge in [-0.1, -0.05) is 23.2 Å². The monoisotopic (exact) mass is 295 g/mol. The lowest BCUT2D eigenvalue weighted by molar-refractivity contribution is 0.461. The third-order valence-corrected chi connectivity index (χ3v) is 2.74. The predicted molar refractivity (Wildman–Crippen MR) is 76.5 cm³/mol. The van der Waals surface area contributed by atoms with Gasteiger partial charge in [-0.3, -0.25) is 5.41 Å². The summed E-state index contributed by atoms with van der Waals surface area (Å²) in [5, 5.41) is 8.38. The number of amidine groups is 1. The second-order valence-electron chi connectivity index (χ2n) is 3.96. The molecule has 2 rings (SSSR count). The molecule has 1 aromatic heterocycles. The van der Waals surface area contributed by atoms with Crippen molar-refractivity contribution in [1.82, 2.24) is 4.98 Å². The molecule has 0 fully saturated rings. The Kier molecular flexibility index (Phi) is 3.93. The molecule has 0 unspecified atom stereocenters. The molecule has 0 aliphatic rings. The van der Waals surface area contributed by atoms with E-state index in [2.05, 4.69) is 4.98 Å². The van der Waals surface area contributed by atoms with Crippen molar-refractivity contribution in [2.45, 2.75) is 6.92 Å². The first kappa shape index (κ1) is 13.6. The van der Waals surface area contributed by atoms with Crippen LogP contribution in [0.25, 0.3) is 0 Å². The number of halogens is 2. The van der Waals surface area contributed by atoms with Crippen molar-refractivity contribution in [2.24, 2.45) is 5.73 Å². The SMILES string of the molecule is Cc1cc(C(=N)N)cc(Oc2cc(Cl)cc(Cl)c2)n1. The van der Waals surface area contributed by atoms with Crippen molar-refractivity contribution in [2.75, 3.05) is 0 Å². The highest BCUT2D eigenvalue weighted by atomic mass is 35.5. The summed E-state index contributed by atoms with van der Waals surface area (Å²) in [5.74, 6) is 0.771. The fourth-order valence-electron chi connectivity index (χ4n) is 1.55. The Balaban J connectivity index is 2.35. The van der Waals surface area contributed by atoms with E-state index < -0.39 is 0 Å². The van der Waals surface area contributed by atoms with Crippen LogP contribution in [0.5, 0.6) is 11.6 Å². The van der Waals surface area contributed by atoms with Crippen molar-refractivity contribution in [3.05, 3.63) is 51.6 Å². The summed E-state index contributed by atoms with van der Waals surface area (Å²) in [6.07, 6.45) is 0. The number of nitrogen functional groups attached to an aromatic ring is 1. The highest BCUT2D eigenvalue weighted by Gasteiger charge is 2.06. The molecule has 0 atom stereocenters. The second kappa shape index (κ2) is 5.47. The Morgan fingerprint density at radius 3 is 2.37 bits per heavy atom. The molecule has 1 aromatic carbocycles. The molecule has 0 radical (unpaired) electrons. The first-order chi connectivity index (χ1) is 8.94. The van der Waals surface area contributed by atoms with Crippen LogP contribution < -0.4 is 10.5 Å². The average molecular weight is 296 g/mol. The number of nitrogens with two attached hydrogens (primary N) is 1. The summed E-state index contributed by atoms with van der Waals surface area (Å²) in [7, 11) is 0. The van der Waals surface area contributed by atoms with Gasteiger partial charge in [-0.05, 0) is 31.2 Å². The van der Waals surface area contributed by atoms with E-state index in [0.29, 0.717) is 32.9 Å². The molecule has 6 heteroatoms. The minimum absolute atomic E-state index is 0.0422. The molecule has 2 aromatic rings. The van der Waals surface area contributed by atoms with Crippen molar-refractivity contribution < 1.29 is 4.74 Å². The topological polar surface area (TPSA) is 72.0 Å². The Morgan fingerprint density at radius 2 is 1.79 bits per heavy atom. The molecule has 0 spiro atoms. The first-order valence-corrected chi connectivity index (χ1v) is 6.16. The number of ether oxygens (including phenoxy) is 1. The maximum atomic E-state index is 7.43. The standard InChI is InChI=1S/C13H11Cl2N3O/c1-7-2-8(13(16)17)3-12(18-7)19-11-5-9(14)4-10(15)6-11/h2-6H,1H3,(H3,16,17). The van der Waals surface area contributed by atoms with E-state index in [1.54, 1.807) is 37.3 Å². The van der Waals surface area contributed by atoms with Crippen LogP contribution in [0.2, 0.25) is 10.0 Å². The van der Waals surface area contributed by atoms with Gasteiger partial charge in [0.05, 0.1) is 0 Å². The van der Waals surface area contributed by atoms with Crippen LogP contribution in [-0.2, 0) is 0 Å². The molecular weight excluding hydrogens is 285 g/mol. The Hall–Kier alpha value is -1.78. The summed E-state index contributed by atoms with van der Waals surface area (Å²) >= 11 is 11.8. The fourth-order valence-corrected chi connectivity index (χ4v) is 2.06. The smallest absolute Gasteiger partial charge is 0.220 e. The highest BCUT2D eigenvalue weighted by molar-refractivity contribution is 6.34. The van der Waals surface area contributed by atoms with Crippen LogP contribution in [0.1, 0.15) is 11.3 Å². The van der Waals surface area contributed by atoms with Gasteiger partial charge >= 0.3 is 0 Å². The van der Waals surface area contributed by atoms with Crippen LogP contribution >= 0.6 is 23.2 Å². The largest absolute Gasteiger partial charge is 0.439 e.